The van der Waals surface area contributed by atoms with Gasteiger partial charge in [0.05, 0.1) is 25.0 Å². The van der Waals surface area contributed by atoms with Crippen molar-refractivity contribution in [2.24, 2.45) is 4.99 Å². The van der Waals surface area contributed by atoms with Crippen molar-refractivity contribution in [1.29, 1.82) is 0 Å². The van der Waals surface area contributed by atoms with Crippen molar-refractivity contribution < 1.29 is 14.3 Å². The molecule has 4 rings (SSSR count). The van der Waals surface area contributed by atoms with Gasteiger partial charge in [0.2, 0.25) is 0 Å². The van der Waals surface area contributed by atoms with E-state index in [1.54, 1.807) is 30.2 Å². The van der Waals surface area contributed by atoms with Gasteiger partial charge in [-0.1, -0.05) is 35.9 Å². The van der Waals surface area contributed by atoms with E-state index in [1.165, 1.54) is 0 Å². The molecule has 156 valence electrons. The van der Waals surface area contributed by atoms with Gasteiger partial charge in [0.15, 0.2) is 5.84 Å². The minimum Gasteiger partial charge on any atom is -0.496 e. The van der Waals surface area contributed by atoms with Crippen LogP contribution >= 0.6 is 11.6 Å². The van der Waals surface area contributed by atoms with Crippen molar-refractivity contribution in [1.82, 2.24) is 0 Å². The second kappa shape index (κ2) is 9.06. The highest BCUT2D eigenvalue weighted by molar-refractivity contribution is 6.34. The van der Waals surface area contributed by atoms with Gasteiger partial charge in [-0.3, -0.25) is 9.69 Å². The molecular weight excluding hydrogens is 412 g/mol. The van der Waals surface area contributed by atoms with Crippen molar-refractivity contribution in [3.63, 3.8) is 0 Å². The average molecular weight is 433 g/mol. The number of anilines is 1. The van der Waals surface area contributed by atoms with Crippen LogP contribution in [-0.2, 0) is 4.79 Å². The number of benzene rings is 3. The zero-order valence-electron chi connectivity index (χ0n) is 17.2. The summed E-state index contributed by atoms with van der Waals surface area (Å²) in [6, 6.07) is 22.1. The summed E-state index contributed by atoms with van der Waals surface area (Å²) in [6.45, 7) is 2.50. The maximum atomic E-state index is 13.4. The topological polar surface area (TPSA) is 51.1 Å². The summed E-state index contributed by atoms with van der Waals surface area (Å²) >= 11 is 5.98. The number of carbonyl (C=O) groups is 1. The van der Waals surface area contributed by atoms with Gasteiger partial charge < -0.3 is 9.47 Å². The van der Waals surface area contributed by atoms with Crippen LogP contribution in [0, 0.1) is 0 Å². The van der Waals surface area contributed by atoms with Gasteiger partial charge >= 0.3 is 0 Å². The zero-order chi connectivity index (χ0) is 21.8. The monoisotopic (exact) mass is 432 g/mol. The fraction of sp³-hybridized carbons (Fsp3) is 0.120. The predicted molar refractivity (Wildman–Crippen MR) is 124 cm³/mol. The smallest absolute Gasteiger partial charge is 0.282 e. The molecule has 0 aliphatic carbocycles. The van der Waals surface area contributed by atoms with Crippen LogP contribution in [0.4, 0.5) is 5.69 Å². The van der Waals surface area contributed by atoms with Crippen molar-refractivity contribution in [2.75, 3.05) is 18.6 Å². The summed E-state index contributed by atoms with van der Waals surface area (Å²) < 4.78 is 11.1. The van der Waals surface area contributed by atoms with Crippen molar-refractivity contribution in [3.8, 4) is 11.5 Å². The number of para-hydroxylation sites is 1. The van der Waals surface area contributed by atoms with E-state index in [4.69, 9.17) is 26.1 Å². The van der Waals surface area contributed by atoms with E-state index in [0.717, 1.165) is 16.9 Å². The Balaban J connectivity index is 1.81. The highest BCUT2D eigenvalue weighted by Crippen LogP contribution is 2.32. The first-order chi connectivity index (χ1) is 15.1. The van der Waals surface area contributed by atoms with Gasteiger partial charge in [-0.05, 0) is 67.1 Å². The lowest BCUT2D eigenvalue weighted by molar-refractivity contribution is -0.113. The maximum absolute atomic E-state index is 13.4. The first-order valence-electron chi connectivity index (χ1n) is 9.87. The van der Waals surface area contributed by atoms with E-state index in [-0.39, 0.29) is 5.91 Å². The van der Waals surface area contributed by atoms with Crippen molar-refractivity contribution in [3.05, 3.63) is 94.6 Å². The number of hydrogen-bond acceptors (Lipinski definition) is 4. The van der Waals surface area contributed by atoms with Gasteiger partial charge in [0.25, 0.3) is 5.91 Å². The minimum atomic E-state index is -0.222. The van der Waals surface area contributed by atoms with Gasteiger partial charge in [-0.15, -0.1) is 0 Å². The third-order valence-corrected chi connectivity index (χ3v) is 5.04. The van der Waals surface area contributed by atoms with E-state index in [0.29, 0.717) is 34.6 Å². The molecule has 0 aromatic heterocycles. The predicted octanol–water partition coefficient (Wildman–Crippen LogP) is 5.58. The van der Waals surface area contributed by atoms with E-state index >= 15 is 0 Å². The fourth-order valence-corrected chi connectivity index (χ4v) is 3.47. The molecule has 0 saturated carbocycles. The Morgan fingerprint density at radius 2 is 1.71 bits per heavy atom. The van der Waals surface area contributed by atoms with Gasteiger partial charge in [0.1, 0.15) is 17.2 Å². The molecule has 6 heteroatoms. The number of amidine groups is 1. The Morgan fingerprint density at radius 3 is 2.39 bits per heavy atom. The van der Waals surface area contributed by atoms with E-state index in [1.807, 2.05) is 67.6 Å². The number of amides is 1. The first kappa shape index (κ1) is 20.7. The highest BCUT2D eigenvalue weighted by atomic mass is 35.5. The van der Waals surface area contributed by atoms with Gasteiger partial charge in [-0.25, -0.2) is 4.99 Å². The van der Waals surface area contributed by atoms with Gasteiger partial charge in [0, 0.05) is 5.02 Å². The van der Waals surface area contributed by atoms with Crippen molar-refractivity contribution in [2.45, 2.75) is 6.92 Å². The molecule has 0 saturated heterocycles. The molecule has 1 aliphatic heterocycles. The molecule has 0 spiro atoms. The number of ether oxygens (including phenoxy) is 2. The van der Waals surface area contributed by atoms with E-state index in [9.17, 15) is 4.79 Å². The Morgan fingerprint density at radius 1 is 1.00 bits per heavy atom. The van der Waals surface area contributed by atoms with Crippen LogP contribution in [0.2, 0.25) is 5.02 Å². The second-order valence-corrected chi connectivity index (χ2v) is 7.22. The molecule has 0 radical (unpaired) electrons. The lowest BCUT2D eigenvalue weighted by Gasteiger charge is -2.20. The normalized spacial score (nSPS) is 14.7. The SMILES string of the molecule is CCOc1ccc(N2C(=O)/C(=C\c3ccc(Cl)cc3)N=C2c2ccccc2OC)cc1. The molecule has 5 nitrogen and oxygen atoms in total. The first-order valence-corrected chi connectivity index (χ1v) is 10.2. The summed E-state index contributed by atoms with van der Waals surface area (Å²) in [6.07, 6.45) is 1.75. The second-order valence-electron chi connectivity index (χ2n) is 6.78. The fourth-order valence-electron chi connectivity index (χ4n) is 3.34. The number of aliphatic imine (C=N–C) groups is 1. The quantitative estimate of drug-likeness (QED) is 0.477. The molecule has 1 heterocycles. The molecule has 3 aromatic carbocycles. The molecule has 0 N–H and O–H groups in total. The number of rotatable bonds is 6. The molecule has 0 unspecified atom stereocenters. The van der Waals surface area contributed by atoms with Crippen LogP contribution in [0.1, 0.15) is 18.1 Å². The van der Waals surface area contributed by atoms with E-state index < -0.39 is 0 Å². The van der Waals surface area contributed by atoms with Crippen molar-refractivity contribution >= 4 is 35.1 Å². The average Bonchev–Trinajstić information content (AvgIpc) is 3.12. The molecule has 31 heavy (non-hydrogen) atoms. The zero-order valence-corrected chi connectivity index (χ0v) is 18.0. The van der Waals surface area contributed by atoms with Crippen LogP contribution in [0.15, 0.2) is 83.5 Å². The van der Waals surface area contributed by atoms with Gasteiger partial charge in [-0.2, -0.15) is 0 Å². The van der Waals surface area contributed by atoms with Crippen LogP contribution in [0.3, 0.4) is 0 Å². The Labute approximate surface area is 186 Å². The largest absolute Gasteiger partial charge is 0.496 e. The molecule has 0 fully saturated rings. The van der Waals surface area contributed by atoms with Crippen LogP contribution < -0.4 is 14.4 Å². The summed E-state index contributed by atoms with van der Waals surface area (Å²) in [4.78, 5) is 19.7. The van der Waals surface area contributed by atoms with Crippen LogP contribution in [-0.4, -0.2) is 25.5 Å². The van der Waals surface area contributed by atoms with E-state index in [2.05, 4.69) is 0 Å². The Hall–Kier alpha value is -3.57. The number of methoxy groups -OCH3 is 1. The number of nitrogens with zero attached hydrogens (tertiary/aromatic N) is 2. The molecular formula is C25H21ClN2O3. The summed E-state index contributed by atoms with van der Waals surface area (Å²) in [5, 5.41) is 0.633. The molecule has 0 atom stereocenters. The maximum Gasteiger partial charge on any atom is 0.282 e. The number of hydrogen-bond donors (Lipinski definition) is 0. The summed E-state index contributed by atoms with van der Waals surface area (Å²) in [5.74, 6) is 1.66. The molecule has 1 aliphatic rings. The number of carbonyl (C=O) groups excluding carboxylic acids is 1. The number of halogens is 1. The molecule has 1 amide bonds. The lowest BCUT2D eigenvalue weighted by Crippen LogP contribution is -2.32. The lowest BCUT2D eigenvalue weighted by atomic mass is 10.1. The third-order valence-electron chi connectivity index (χ3n) is 4.79. The Kier molecular flexibility index (Phi) is 6.05. The third kappa shape index (κ3) is 4.32. The van der Waals surface area contributed by atoms with Crippen LogP contribution in [0.5, 0.6) is 11.5 Å². The molecule has 3 aromatic rings. The standard InChI is InChI=1S/C25H21ClN2O3/c1-3-31-20-14-12-19(13-15-20)28-24(21-6-4-5-7-23(21)30-2)27-22(25(28)29)16-17-8-10-18(26)11-9-17/h4-16H,3H2,1-2H3/b22-16+. The Bertz CT molecular complexity index is 1150. The minimum absolute atomic E-state index is 0.222. The highest BCUT2D eigenvalue weighted by Gasteiger charge is 2.33. The summed E-state index contributed by atoms with van der Waals surface area (Å²) in [5.41, 5.74) is 2.59. The van der Waals surface area contributed by atoms with Crippen LogP contribution in [0.25, 0.3) is 6.08 Å². The molecule has 0 bridgehead atoms. The summed E-state index contributed by atoms with van der Waals surface area (Å²) in [7, 11) is 1.60.